The number of carbonyl (C=O) groups excluding carboxylic acids is 1. The van der Waals surface area contributed by atoms with Gasteiger partial charge in [-0.3, -0.25) is 4.79 Å². The molecular weight excluding hydrogens is 306 g/mol. The summed E-state index contributed by atoms with van der Waals surface area (Å²) in [4.78, 5) is 11.9. The molecule has 1 amide bonds. The third-order valence-electron chi connectivity index (χ3n) is 3.02. The Hall–Kier alpha value is -1.19. The Labute approximate surface area is 121 Å². The van der Waals surface area contributed by atoms with Crippen LogP contribution in [-0.4, -0.2) is 33.1 Å². The lowest BCUT2D eigenvalue weighted by Crippen LogP contribution is -2.51. The van der Waals surface area contributed by atoms with Gasteiger partial charge in [-0.2, -0.15) is 0 Å². The van der Waals surface area contributed by atoms with Gasteiger partial charge in [-0.25, -0.2) is 13.6 Å². The molecule has 1 aromatic carbocycles. The molecule has 0 aromatic heterocycles. The average Bonchev–Trinajstić information content (AvgIpc) is 2.79. The molecule has 1 atom stereocenters. The Morgan fingerprint density at radius 3 is 2.70 bits per heavy atom. The molecule has 1 aromatic rings. The van der Waals surface area contributed by atoms with Crippen LogP contribution in [0.1, 0.15) is 6.42 Å². The maximum Gasteiger partial charge on any atom is 0.246 e. The van der Waals surface area contributed by atoms with E-state index in [0.29, 0.717) is 13.0 Å². The molecular formula is C11H14ClN3O4S. The highest BCUT2D eigenvalue weighted by Crippen LogP contribution is 2.26. The Morgan fingerprint density at radius 2 is 2.15 bits per heavy atom. The van der Waals surface area contributed by atoms with Crippen molar-refractivity contribution in [2.24, 2.45) is 10.9 Å². The summed E-state index contributed by atoms with van der Waals surface area (Å²) >= 11 is 5.92. The monoisotopic (exact) mass is 319 g/mol. The van der Waals surface area contributed by atoms with Gasteiger partial charge in [0, 0.05) is 6.61 Å². The maximum atomic E-state index is 12.1. The number of benzene rings is 1. The predicted octanol–water partition coefficient (Wildman–Crippen LogP) is 0.0437. The molecule has 20 heavy (non-hydrogen) atoms. The summed E-state index contributed by atoms with van der Waals surface area (Å²) in [6.45, 7) is 0.500. The van der Waals surface area contributed by atoms with Gasteiger partial charge in [-0.05, 0) is 24.6 Å². The highest BCUT2D eigenvalue weighted by molar-refractivity contribution is 7.89. The molecule has 0 spiro atoms. The summed E-state index contributed by atoms with van der Waals surface area (Å²) in [6.07, 6.45) is 0.380. The van der Waals surface area contributed by atoms with Gasteiger partial charge < -0.3 is 15.8 Å². The van der Waals surface area contributed by atoms with Crippen LogP contribution >= 0.6 is 11.6 Å². The molecule has 110 valence electrons. The summed E-state index contributed by atoms with van der Waals surface area (Å²) in [5.41, 5.74) is 4.90. The van der Waals surface area contributed by atoms with Gasteiger partial charge in [0.15, 0.2) is 0 Å². The number of nitrogens with two attached hydrogens (primary N) is 2. The SMILES string of the molecule is NC1(C(=O)Nc2cc(S(N)(=O)=O)ccc2Cl)CCOC1. The van der Waals surface area contributed by atoms with Gasteiger partial charge in [0.2, 0.25) is 15.9 Å². The van der Waals surface area contributed by atoms with E-state index in [1.165, 1.54) is 18.2 Å². The Kier molecular flexibility index (Phi) is 4.03. The molecule has 1 aliphatic heterocycles. The fourth-order valence-electron chi connectivity index (χ4n) is 1.78. The number of hydrogen-bond acceptors (Lipinski definition) is 5. The van der Waals surface area contributed by atoms with E-state index in [-0.39, 0.29) is 22.2 Å². The fourth-order valence-corrected chi connectivity index (χ4v) is 2.49. The standard InChI is InChI=1S/C11H14ClN3O4S/c12-8-2-1-7(20(14,17)18)5-9(8)15-10(16)11(13)3-4-19-6-11/h1-2,5H,3-4,6,13H2,(H,15,16)(H2,14,17,18). The average molecular weight is 320 g/mol. The number of rotatable bonds is 3. The summed E-state index contributed by atoms with van der Waals surface area (Å²) in [5.74, 6) is -0.483. The van der Waals surface area contributed by atoms with E-state index >= 15 is 0 Å². The minimum atomic E-state index is -3.88. The van der Waals surface area contributed by atoms with Crippen LogP contribution in [0.15, 0.2) is 23.1 Å². The van der Waals surface area contributed by atoms with E-state index < -0.39 is 21.5 Å². The molecule has 0 aliphatic carbocycles. The number of carbonyl (C=O) groups is 1. The van der Waals surface area contributed by atoms with E-state index in [9.17, 15) is 13.2 Å². The zero-order valence-electron chi connectivity index (χ0n) is 10.4. The highest BCUT2D eigenvalue weighted by Gasteiger charge is 2.38. The number of sulfonamides is 1. The summed E-state index contributed by atoms with van der Waals surface area (Å²) in [5, 5.41) is 7.72. The van der Waals surface area contributed by atoms with Gasteiger partial charge >= 0.3 is 0 Å². The number of nitrogens with one attached hydrogen (secondary N) is 1. The second kappa shape index (κ2) is 5.30. The van der Waals surface area contributed by atoms with Crippen LogP contribution in [-0.2, 0) is 19.6 Å². The smallest absolute Gasteiger partial charge is 0.246 e. The third kappa shape index (κ3) is 3.10. The number of hydrogen-bond donors (Lipinski definition) is 3. The number of anilines is 1. The lowest BCUT2D eigenvalue weighted by molar-refractivity contribution is -0.121. The summed E-state index contributed by atoms with van der Waals surface area (Å²) in [6, 6.07) is 3.78. The summed E-state index contributed by atoms with van der Waals surface area (Å²) < 4.78 is 27.6. The quantitative estimate of drug-likeness (QED) is 0.725. The van der Waals surface area contributed by atoms with Crippen LogP contribution in [0, 0.1) is 0 Å². The lowest BCUT2D eigenvalue weighted by Gasteiger charge is -2.21. The summed E-state index contributed by atoms with van der Waals surface area (Å²) in [7, 11) is -3.88. The van der Waals surface area contributed by atoms with Crippen LogP contribution in [0.25, 0.3) is 0 Å². The van der Waals surface area contributed by atoms with Gasteiger partial charge in [0.1, 0.15) is 5.54 Å². The molecule has 1 saturated heterocycles. The molecule has 1 fully saturated rings. The normalized spacial score (nSPS) is 22.8. The number of halogens is 1. The largest absolute Gasteiger partial charge is 0.379 e. The van der Waals surface area contributed by atoms with Crippen LogP contribution in [0.5, 0.6) is 0 Å². The van der Waals surface area contributed by atoms with Crippen molar-refractivity contribution < 1.29 is 17.9 Å². The minimum absolute atomic E-state index is 0.103. The fraction of sp³-hybridized carbons (Fsp3) is 0.364. The van der Waals surface area contributed by atoms with Crippen LogP contribution in [0.3, 0.4) is 0 Å². The van der Waals surface area contributed by atoms with Crippen molar-refractivity contribution in [2.75, 3.05) is 18.5 Å². The molecule has 5 N–H and O–H groups in total. The predicted molar refractivity (Wildman–Crippen MR) is 73.8 cm³/mol. The van der Waals surface area contributed by atoms with Crippen LogP contribution in [0.4, 0.5) is 5.69 Å². The molecule has 1 unspecified atom stereocenters. The zero-order valence-corrected chi connectivity index (χ0v) is 12.0. The first-order chi connectivity index (χ1) is 9.22. The van der Waals surface area contributed by atoms with Crippen molar-refractivity contribution in [1.82, 2.24) is 0 Å². The highest BCUT2D eigenvalue weighted by atomic mass is 35.5. The van der Waals surface area contributed by atoms with Crippen molar-refractivity contribution in [3.05, 3.63) is 23.2 Å². The van der Waals surface area contributed by atoms with E-state index in [0.717, 1.165) is 0 Å². The van der Waals surface area contributed by atoms with Crippen molar-refractivity contribution in [1.29, 1.82) is 0 Å². The topological polar surface area (TPSA) is 125 Å². The second-order valence-corrected chi connectivity index (χ2v) is 6.57. The molecule has 0 radical (unpaired) electrons. The maximum absolute atomic E-state index is 12.1. The van der Waals surface area contributed by atoms with E-state index in [1.807, 2.05) is 0 Å². The van der Waals surface area contributed by atoms with Gasteiger partial charge in [-0.1, -0.05) is 11.6 Å². The Bertz CT molecular complexity index is 641. The molecule has 9 heteroatoms. The van der Waals surface area contributed by atoms with E-state index in [2.05, 4.69) is 5.32 Å². The number of amides is 1. The van der Waals surface area contributed by atoms with Gasteiger partial charge in [-0.15, -0.1) is 0 Å². The molecule has 1 heterocycles. The zero-order chi connectivity index (χ0) is 15.0. The Morgan fingerprint density at radius 1 is 1.45 bits per heavy atom. The molecule has 2 rings (SSSR count). The van der Waals surface area contributed by atoms with Gasteiger partial charge in [0.05, 0.1) is 22.2 Å². The molecule has 7 nitrogen and oxygen atoms in total. The first kappa shape index (κ1) is 15.2. The Balaban J connectivity index is 2.27. The third-order valence-corrected chi connectivity index (χ3v) is 4.26. The van der Waals surface area contributed by atoms with Crippen molar-refractivity contribution >= 4 is 33.2 Å². The van der Waals surface area contributed by atoms with Crippen LogP contribution in [0.2, 0.25) is 5.02 Å². The van der Waals surface area contributed by atoms with Crippen LogP contribution < -0.4 is 16.2 Å². The number of primary sulfonamides is 1. The first-order valence-electron chi connectivity index (χ1n) is 5.73. The minimum Gasteiger partial charge on any atom is -0.379 e. The lowest BCUT2D eigenvalue weighted by atomic mass is 9.99. The second-order valence-electron chi connectivity index (χ2n) is 4.60. The van der Waals surface area contributed by atoms with E-state index in [4.69, 9.17) is 27.2 Å². The van der Waals surface area contributed by atoms with Crippen molar-refractivity contribution in [3.63, 3.8) is 0 Å². The van der Waals surface area contributed by atoms with Crippen molar-refractivity contribution in [2.45, 2.75) is 16.9 Å². The molecule has 0 bridgehead atoms. The first-order valence-corrected chi connectivity index (χ1v) is 7.65. The number of ether oxygens (including phenoxy) is 1. The van der Waals surface area contributed by atoms with Crippen molar-refractivity contribution in [3.8, 4) is 0 Å². The van der Waals surface area contributed by atoms with E-state index in [1.54, 1.807) is 0 Å². The molecule has 0 saturated carbocycles. The molecule has 1 aliphatic rings. The van der Waals surface area contributed by atoms with Gasteiger partial charge in [0.25, 0.3) is 0 Å².